The predicted molar refractivity (Wildman–Crippen MR) is 76.2 cm³/mol. The smallest absolute Gasteiger partial charge is 0.161 e. The molecule has 5 heteroatoms. The second-order valence-electron chi connectivity index (χ2n) is 4.63. The van der Waals surface area contributed by atoms with E-state index in [-0.39, 0.29) is 11.8 Å². The molecule has 0 aliphatic carbocycles. The second-order valence-corrected chi connectivity index (χ2v) is 4.63. The number of Topliss-reactive ketones (excluding diaryl/α,β-unsaturated/α-hetero) is 1. The van der Waals surface area contributed by atoms with Gasteiger partial charge in [-0.25, -0.2) is 0 Å². The molecule has 0 aliphatic rings. The molecule has 2 aromatic rings. The molecule has 3 N–H and O–H groups in total. The predicted octanol–water partition coefficient (Wildman–Crippen LogP) is 2.17. The van der Waals surface area contributed by atoms with Gasteiger partial charge in [0, 0.05) is 35.4 Å². The molecule has 0 saturated carbocycles. The zero-order valence-corrected chi connectivity index (χ0v) is 11.1. The quantitative estimate of drug-likeness (QED) is 0.636. The molecule has 1 atom stereocenters. The number of hydrogen-bond donors (Lipinski definition) is 2. The first-order valence-corrected chi connectivity index (χ1v) is 6.20. The Morgan fingerprint density at radius 2 is 2.32 bits per heavy atom. The third-order valence-corrected chi connectivity index (χ3v) is 2.86. The standard InChI is InChI=1S/C14H18N4O/c1-10(9-18-7-3-6-16-18)17-12-4-5-13(11(2)19)14(15)8-12/h3-8,10,17H,9,15H2,1-2H3. The van der Waals surface area contributed by atoms with Gasteiger partial charge in [-0.3, -0.25) is 9.48 Å². The first kappa shape index (κ1) is 13.1. The molecular weight excluding hydrogens is 240 g/mol. The van der Waals surface area contributed by atoms with Gasteiger partial charge in [-0.15, -0.1) is 0 Å². The topological polar surface area (TPSA) is 72.9 Å². The van der Waals surface area contributed by atoms with Crippen LogP contribution >= 0.6 is 0 Å². The number of aromatic nitrogens is 2. The van der Waals surface area contributed by atoms with Crippen LogP contribution in [0.25, 0.3) is 0 Å². The van der Waals surface area contributed by atoms with Gasteiger partial charge in [0.05, 0.1) is 6.54 Å². The van der Waals surface area contributed by atoms with Gasteiger partial charge in [0.2, 0.25) is 0 Å². The van der Waals surface area contributed by atoms with E-state index in [2.05, 4.69) is 17.3 Å². The lowest BCUT2D eigenvalue weighted by atomic mass is 10.1. The summed E-state index contributed by atoms with van der Waals surface area (Å²) >= 11 is 0. The van der Waals surface area contributed by atoms with E-state index in [1.54, 1.807) is 18.3 Å². The van der Waals surface area contributed by atoms with Crippen LogP contribution in [-0.2, 0) is 6.54 Å². The number of carbonyl (C=O) groups excluding carboxylic acids is 1. The van der Waals surface area contributed by atoms with Crippen LogP contribution in [-0.4, -0.2) is 21.6 Å². The van der Waals surface area contributed by atoms with E-state index in [1.807, 2.05) is 23.0 Å². The highest BCUT2D eigenvalue weighted by molar-refractivity contribution is 5.99. The van der Waals surface area contributed by atoms with Crippen LogP contribution < -0.4 is 11.1 Å². The first-order valence-electron chi connectivity index (χ1n) is 6.20. The van der Waals surface area contributed by atoms with Crippen LogP contribution in [0.5, 0.6) is 0 Å². The number of benzene rings is 1. The van der Waals surface area contributed by atoms with Crippen molar-refractivity contribution in [2.45, 2.75) is 26.4 Å². The molecule has 0 spiro atoms. The number of nitrogens with zero attached hydrogens (tertiary/aromatic N) is 2. The number of nitrogens with two attached hydrogens (primary N) is 1. The molecule has 1 unspecified atom stereocenters. The van der Waals surface area contributed by atoms with Crippen molar-refractivity contribution in [3.05, 3.63) is 42.2 Å². The number of hydrogen-bond acceptors (Lipinski definition) is 4. The molecule has 1 heterocycles. The zero-order valence-electron chi connectivity index (χ0n) is 11.1. The number of carbonyl (C=O) groups is 1. The Bertz CT molecular complexity index is 563. The molecule has 2 rings (SSSR count). The summed E-state index contributed by atoms with van der Waals surface area (Å²) in [6, 6.07) is 7.51. The van der Waals surface area contributed by atoms with Gasteiger partial charge in [-0.05, 0) is 38.1 Å². The van der Waals surface area contributed by atoms with E-state index >= 15 is 0 Å². The Balaban J connectivity index is 2.03. The van der Waals surface area contributed by atoms with E-state index in [0.717, 1.165) is 12.2 Å². The van der Waals surface area contributed by atoms with Crippen molar-refractivity contribution in [1.82, 2.24) is 9.78 Å². The maximum absolute atomic E-state index is 11.3. The minimum absolute atomic E-state index is 0.0198. The average molecular weight is 258 g/mol. The third kappa shape index (κ3) is 3.34. The number of nitrogens with one attached hydrogen (secondary N) is 1. The number of ketones is 1. The van der Waals surface area contributed by atoms with Crippen LogP contribution in [0.2, 0.25) is 0 Å². The highest BCUT2D eigenvalue weighted by Crippen LogP contribution is 2.19. The molecule has 0 amide bonds. The number of rotatable bonds is 5. The van der Waals surface area contributed by atoms with Crippen LogP contribution in [0.4, 0.5) is 11.4 Å². The fourth-order valence-electron chi connectivity index (χ4n) is 1.99. The van der Waals surface area contributed by atoms with Crippen molar-refractivity contribution in [2.24, 2.45) is 0 Å². The lowest BCUT2D eigenvalue weighted by Crippen LogP contribution is -2.22. The summed E-state index contributed by atoms with van der Waals surface area (Å²) in [7, 11) is 0. The highest BCUT2D eigenvalue weighted by Gasteiger charge is 2.07. The zero-order chi connectivity index (χ0) is 13.8. The Kier molecular flexibility index (Phi) is 3.85. The van der Waals surface area contributed by atoms with Crippen LogP contribution in [0.15, 0.2) is 36.7 Å². The van der Waals surface area contributed by atoms with Crippen molar-refractivity contribution < 1.29 is 4.79 Å². The van der Waals surface area contributed by atoms with E-state index in [4.69, 9.17) is 5.73 Å². The normalized spacial score (nSPS) is 12.1. The van der Waals surface area contributed by atoms with Crippen LogP contribution in [0, 0.1) is 0 Å². The van der Waals surface area contributed by atoms with Gasteiger partial charge in [0.15, 0.2) is 5.78 Å². The monoisotopic (exact) mass is 258 g/mol. The van der Waals surface area contributed by atoms with Crippen LogP contribution in [0.1, 0.15) is 24.2 Å². The third-order valence-electron chi connectivity index (χ3n) is 2.86. The largest absolute Gasteiger partial charge is 0.398 e. The minimum Gasteiger partial charge on any atom is -0.398 e. The Hall–Kier alpha value is -2.30. The molecule has 1 aromatic heterocycles. The summed E-state index contributed by atoms with van der Waals surface area (Å²) in [5.74, 6) is -0.0198. The lowest BCUT2D eigenvalue weighted by molar-refractivity contribution is 0.101. The minimum atomic E-state index is -0.0198. The lowest BCUT2D eigenvalue weighted by Gasteiger charge is -2.16. The van der Waals surface area contributed by atoms with Gasteiger partial charge < -0.3 is 11.1 Å². The summed E-state index contributed by atoms with van der Waals surface area (Å²) < 4.78 is 1.87. The summed E-state index contributed by atoms with van der Waals surface area (Å²) in [4.78, 5) is 11.3. The van der Waals surface area contributed by atoms with E-state index in [0.29, 0.717) is 11.3 Å². The fourth-order valence-corrected chi connectivity index (χ4v) is 1.99. The van der Waals surface area contributed by atoms with Gasteiger partial charge in [0.25, 0.3) is 0 Å². The van der Waals surface area contributed by atoms with Gasteiger partial charge in [-0.2, -0.15) is 5.10 Å². The molecule has 0 radical (unpaired) electrons. The first-order chi connectivity index (χ1) is 9.06. The molecule has 0 saturated heterocycles. The van der Waals surface area contributed by atoms with Gasteiger partial charge in [-0.1, -0.05) is 0 Å². The van der Waals surface area contributed by atoms with Crippen molar-refractivity contribution in [1.29, 1.82) is 0 Å². The van der Waals surface area contributed by atoms with Crippen molar-refractivity contribution in [2.75, 3.05) is 11.1 Å². The number of anilines is 2. The molecule has 1 aromatic carbocycles. The van der Waals surface area contributed by atoms with E-state index in [9.17, 15) is 4.79 Å². The van der Waals surface area contributed by atoms with E-state index in [1.165, 1.54) is 6.92 Å². The molecule has 0 bridgehead atoms. The Morgan fingerprint density at radius 3 is 2.89 bits per heavy atom. The molecule has 0 aliphatic heterocycles. The fraction of sp³-hybridized carbons (Fsp3) is 0.286. The van der Waals surface area contributed by atoms with Crippen molar-refractivity contribution >= 4 is 17.2 Å². The summed E-state index contributed by atoms with van der Waals surface area (Å²) in [6.07, 6.45) is 3.68. The summed E-state index contributed by atoms with van der Waals surface area (Å²) in [5, 5.41) is 7.50. The molecule has 100 valence electrons. The highest BCUT2D eigenvalue weighted by atomic mass is 16.1. The average Bonchev–Trinajstić information content (AvgIpc) is 2.81. The Labute approximate surface area is 112 Å². The molecular formula is C14H18N4O. The molecule has 5 nitrogen and oxygen atoms in total. The molecule has 19 heavy (non-hydrogen) atoms. The molecule has 0 fully saturated rings. The second kappa shape index (κ2) is 5.56. The maximum Gasteiger partial charge on any atom is 0.161 e. The van der Waals surface area contributed by atoms with Gasteiger partial charge in [0.1, 0.15) is 0 Å². The van der Waals surface area contributed by atoms with Crippen LogP contribution in [0.3, 0.4) is 0 Å². The Morgan fingerprint density at radius 1 is 1.53 bits per heavy atom. The summed E-state index contributed by atoms with van der Waals surface area (Å²) in [6.45, 7) is 4.34. The van der Waals surface area contributed by atoms with Gasteiger partial charge >= 0.3 is 0 Å². The summed E-state index contributed by atoms with van der Waals surface area (Å²) in [5.41, 5.74) is 7.82. The number of nitrogen functional groups attached to an aromatic ring is 1. The van der Waals surface area contributed by atoms with Crippen molar-refractivity contribution in [3.63, 3.8) is 0 Å². The SMILES string of the molecule is CC(=O)c1ccc(NC(C)Cn2cccn2)cc1N. The van der Waals surface area contributed by atoms with E-state index < -0.39 is 0 Å². The van der Waals surface area contributed by atoms with Crippen molar-refractivity contribution in [3.8, 4) is 0 Å². The maximum atomic E-state index is 11.3.